The Morgan fingerprint density at radius 2 is 1.71 bits per heavy atom. The van der Waals surface area contributed by atoms with E-state index in [1.165, 1.54) is 18.4 Å². The number of nitrogens with one attached hydrogen (secondary N) is 1. The first-order valence-corrected chi connectivity index (χ1v) is 10.7. The van der Waals surface area contributed by atoms with Crippen LogP contribution < -0.4 is 5.32 Å². The molecule has 2 unspecified atom stereocenters. The molecule has 0 bridgehead atoms. The van der Waals surface area contributed by atoms with Gasteiger partial charge in [-0.1, -0.05) is 55.3 Å². The van der Waals surface area contributed by atoms with E-state index in [-0.39, 0.29) is 23.7 Å². The Morgan fingerprint density at radius 1 is 1.00 bits per heavy atom. The van der Waals surface area contributed by atoms with E-state index < -0.39 is 0 Å². The topological polar surface area (TPSA) is 52.7 Å². The third kappa shape index (κ3) is 4.82. The van der Waals surface area contributed by atoms with Gasteiger partial charge in [0.1, 0.15) is 0 Å². The van der Waals surface area contributed by atoms with Crippen LogP contribution in [0.4, 0.5) is 0 Å². The van der Waals surface area contributed by atoms with Crippen LogP contribution in [0.15, 0.2) is 36.4 Å². The van der Waals surface area contributed by atoms with Crippen LogP contribution in [0.5, 0.6) is 0 Å². The molecule has 2 aliphatic carbocycles. The Morgan fingerprint density at radius 3 is 2.43 bits per heavy atom. The Bertz CT molecular complexity index is 704. The molecule has 0 radical (unpaired) electrons. The summed E-state index contributed by atoms with van der Waals surface area (Å²) in [7, 11) is 0. The number of amides is 2. The summed E-state index contributed by atoms with van der Waals surface area (Å²) in [5.74, 6) is 0.131. The van der Waals surface area contributed by atoms with Crippen molar-refractivity contribution in [3.8, 4) is 0 Å². The average molecular weight is 382 g/mol. The first-order valence-electron chi connectivity index (χ1n) is 10.7. The van der Waals surface area contributed by atoms with E-state index in [0.29, 0.717) is 6.04 Å². The smallest absolute Gasteiger partial charge is 0.226 e. The molecule has 5 nitrogen and oxygen atoms in total. The predicted molar refractivity (Wildman–Crippen MR) is 110 cm³/mol. The van der Waals surface area contributed by atoms with Crippen LogP contribution in [0.25, 0.3) is 6.08 Å². The molecule has 2 saturated carbocycles. The molecular weight excluding hydrogens is 350 g/mol. The lowest BCUT2D eigenvalue weighted by Gasteiger charge is -2.34. The molecule has 1 aromatic carbocycles. The summed E-state index contributed by atoms with van der Waals surface area (Å²) in [6.45, 7) is 4.25. The van der Waals surface area contributed by atoms with E-state index in [4.69, 9.17) is 0 Å². The van der Waals surface area contributed by atoms with Crippen molar-refractivity contribution in [1.29, 1.82) is 0 Å². The SMILES string of the molecule is O=C(NC1CCCC1)C1CC1C(=O)N1CCN(C/C=C/c2ccccc2)CC1. The van der Waals surface area contributed by atoms with Crippen LogP contribution in [-0.4, -0.2) is 60.4 Å². The van der Waals surface area contributed by atoms with Crippen molar-refractivity contribution in [1.82, 2.24) is 15.1 Å². The van der Waals surface area contributed by atoms with Gasteiger partial charge in [0.05, 0.1) is 11.8 Å². The maximum absolute atomic E-state index is 12.7. The summed E-state index contributed by atoms with van der Waals surface area (Å²) in [5, 5.41) is 3.15. The highest BCUT2D eigenvalue weighted by Crippen LogP contribution is 2.40. The van der Waals surface area contributed by atoms with Gasteiger partial charge in [0.2, 0.25) is 11.8 Å². The molecular formula is C23H31N3O2. The molecule has 1 aliphatic heterocycles. The summed E-state index contributed by atoms with van der Waals surface area (Å²) in [5.41, 5.74) is 1.21. The van der Waals surface area contributed by atoms with Gasteiger partial charge in [0, 0.05) is 38.8 Å². The van der Waals surface area contributed by atoms with Gasteiger partial charge in [0.25, 0.3) is 0 Å². The Balaban J connectivity index is 1.17. The number of piperazine rings is 1. The van der Waals surface area contributed by atoms with Crippen molar-refractivity contribution in [2.45, 2.75) is 38.1 Å². The molecule has 5 heteroatoms. The van der Waals surface area contributed by atoms with E-state index in [0.717, 1.165) is 52.0 Å². The normalized spacial score (nSPS) is 25.9. The van der Waals surface area contributed by atoms with Gasteiger partial charge in [-0.05, 0) is 24.8 Å². The minimum Gasteiger partial charge on any atom is -0.353 e. The zero-order valence-electron chi connectivity index (χ0n) is 16.6. The van der Waals surface area contributed by atoms with Gasteiger partial charge < -0.3 is 10.2 Å². The van der Waals surface area contributed by atoms with Crippen LogP contribution in [0, 0.1) is 11.8 Å². The summed E-state index contributed by atoms with van der Waals surface area (Å²) >= 11 is 0. The van der Waals surface area contributed by atoms with Crippen molar-refractivity contribution in [2.75, 3.05) is 32.7 Å². The first-order chi connectivity index (χ1) is 13.7. The molecule has 28 heavy (non-hydrogen) atoms. The maximum Gasteiger partial charge on any atom is 0.226 e. The number of nitrogens with zero attached hydrogens (tertiary/aromatic N) is 2. The molecule has 1 heterocycles. The molecule has 1 aromatic rings. The highest BCUT2D eigenvalue weighted by atomic mass is 16.2. The Labute approximate surface area is 167 Å². The second-order valence-electron chi connectivity index (χ2n) is 8.38. The van der Waals surface area contributed by atoms with Crippen LogP contribution in [-0.2, 0) is 9.59 Å². The third-order valence-corrected chi connectivity index (χ3v) is 6.30. The fraction of sp³-hybridized carbons (Fsp3) is 0.565. The second-order valence-corrected chi connectivity index (χ2v) is 8.38. The van der Waals surface area contributed by atoms with Crippen molar-refractivity contribution >= 4 is 17.9 Å². The molecule has 3 fully saturated rings. The predicted octanol–water partition coefficient (Wildman–Crippen LogP) is 2.54. The number of benzene rings is 1. The Hall–Kier alpha value is -2.14. The maximum atomic E-state index is 12.7. The van der Waals surface area contributed by atoms with Gasteiger partial charge >= 0.3 is 0 Å². The summed E-state index contributed by atoms with van der Waals surface area (Å²) in [6, 6.07) is 10.7. The van der Waals surface area contributed by atoms with Crippen molar-refractivity contribution < 1.29 is 9.59 Å². The van der Waals surface area contributed by atoms with Crippen molar-refractivity contribution in [2.24, 2.45) is 11.8 Å². The molecule has 4 rings (SSSR count). The standard InChI is InChI=1S/C23H31N3O2/c27-22(24-19-10-4-5-11-19)20-17-21(20)23(28)26-15-13-25(14-16-26)12-6-9-18-7-2-1-3-8-18/h1-3,6-9,19-21H,4-5,10-17H2,(H,24,27)/b9-6+. The molecule has 150 valence electrons. The zero-order valence-corrected chi connectivity index (χ0v) is 16.6. The third-order valence-electron chi connectivity index (χ3n) is 6.30. The van der Waals surface area contributed by atoms with E-state index in [1.54, 1.807) is 0 Å². The second kappa shape index (κ2) is 8.91. The lowest BCUT2D eigenvalue weighted by atomic mass is 10.2. The summed E-state index contributed by atoms with van der Waals surface area (Å²) in [6.07, 6.45) is 9.69. The summed E-state index contributed by atoms with van der Waals surface area (Å²) < 4.78 is 0. The van der Waals surface area contributed by atoms with Gasteiger partial charge in [-0.2, -0.15) is 0 Å². The van der Waals surface area contributed by atoms with E-state index >= 15 is 0 Å². The molecule has 1 saturated heterocycles. The highest BCUT2D eigenvalue weighted by Gasteiger charge is 2.50. The first kappa shape index (κ1) is 19.2. The minimum absolute atomic E-state index is 0.0778. The number of hydrogen-bond acceptors (Lipinski definition) is 3. The van der Waals surface area contributed by atoms with Gasteiger partial charge in [-0.15, -0.1) is 0 Å². The van der Waals surface area contributed by atoms with Crippen LogP contribution in [0.2, 0.25) is 0 Å². The lowest BCUT2D eigenvalue weighted by molar-refractivity contribution is -0.136. The molecule has 2 amide bonds. The highest BCUT2D eigenvalue weighted by molar-refractivity contribution is 5.92. The largest absolute Gasteiger partial charge is 0.353 e. The van der Waals surface area contributed by atoms with Crippen LogP contribution >= 0.6 is 0 Å². The van der Waals surface area contributed by atoms with E-state index in [9.17, 15) is 9.59 Å². The number of hydrogen-bond donors (Lipinski definition) is 1. The van der Waals surface area contributed by atoms with E-state index in [2.05, 4.69) is 34.5 Å². The number of carbonyl (C=O) groups is 2. The van der Waals surface area contributed by atoms with Crippen molar-refractivity contribution in [3.05, 3.63) is 42.0 Å². The molecule has 2 atom stereocenters. The molecule has 0 spiro atoms. The number of carbonyl (C=O) groups excluding carboxylic acids is 2. The van der Waals surface area contributed by atoms with Crippen LogP contribution in [0.3, 0.4) is 0 Å². The minimum atomic E-state index is -0.0834. The number of rotatable bonds is 6. The molecule has 1 N–H and O–H groups in total. The molecule has 3 aliphatic rings. The fourth-order valence-electron chi connectivity index (χ4n) is 4.42. The van der Waals surface area contributed by atoms with Crippen LogP contribution in [0.1, 0.15) is 37.7 Å². The van der Waals surface area contributed by atoms with Gasteiger partial charge in [-0.3, -0.25) is 14.5 Å². The monoisotopic (exact) mass is 381 g/mol. The summed E-state index contributed by atoms with van der Waals surface area (Å²) in [4.78, 5) is 29.4. The zero-order chi connectivity index (χ0) is 19.3. The quantitative estimate of drug-likeness (QED) is 0.824. The molecule has 0 aromatic heterocycles. The van der Waals surface area contributed by atoms with E-state index in [1.807, 2.05) is 23.1 Å². The fourth-order valence-corrected chi connectivity index (χ4v) is 4.42. The van der Waals surface area contributed by atoms with Gasteiger partial charge in [-0.25, -0.2) is 0 Å². The average Bonchev–Trinajstić information content (AvgIpc) is 3.38. The van der Waals surface area contributed by atoms with Gasteiger partial charge in [0.15, 0.2) is 0 Å². The lowest BCUT2D eigenvalue weighted by Crippen LogP contribution is -2.49. The van der Waals surface area contributed by atoms with Crippen molar-refractivity contribution in [3.63, 3.8) is 0 Å². The Kier molecular flexibility index (Phi) is 6.10.